The fourth-order valence-electron chi connectivity index (χ4n) is 2.89. The van der Waals surface area contributed by atoms with Crippen LogP contribution in [0.15, 0.2) is 36.5 Å². The van der Waals surface area contributed by atoms with Gasteiger partial charge >= 0.3 is 0 Å². The second-order valence-electron chi connectivity index (χ2n) is 6.36. The van der Waals surface area contributed by atoms with Crippen molar-refractivity contribution in [1.29, 1.82) is 0 Å². The number of nitrogens with zero attached hydrogens (tertiary/aromatic N) is 3. The molecule has 0 spiro atoms. The Morgan fingerprint density at radius 2 is 1.96 bits per heavy atom. The van der Waals surface area contributed by atoms with Crippen LogP contribution < -0.4 is 5.73 Å². The van der Waals surface area contributed by atoms with E-state index < -0.39 is 0 Å². The molecule has 0 saturated carbocycles. The summed E-state index contributed by atoms with van der Waals surface area (Å²) in [5.74, 6) is 0. The Labute approximate surface area is 142 Å². The summed E-state index contributed by atoms with van der Waals surface area (Å²) >= 11 is 0. The maximum Gasteiger partial charge on any atom is 0.137 e. The molecule has 0 fully saturated rings. The number of anilines is 1. The summed E-state index contributed by atoms with van der Waals surface area (Å²) in [5.41, 5.74) is 13.2. The molecule has 2 aromatic heterocycles. The third-order valence-electron chi connectivity index (χ3n) is 4.42. The Hall–Kier alpha value is -2.37. The van der Waals surface area contributed by atoms with Crippen molar-refractivity contribution in [3.8, 4) is 11.3 Å². The van der Waals surface area contributed by atoms with E-state index in [-0.39, 0.29) is 6.61 Å². The minimum atomic E-state index is 0.133. The summed E-state index contributed by atoms with van der Waals surface area (Å²) in [6, 6.07) is 10.2. The van der Waals surface area contributed by atoms with Gasteiger partial charge in [0, 0.05) is 30.5 Å². The van der Waals surface area contributed by atoms with Crippen LogP contribution in [0, 0.1) is 13.8 Å². The largest absolute Gasteiger partial charge is 0.398 e. The smallest absolute Gasteiger partial charge is 0.137 e. The molecular weight excluding hydrogens is 300 g/mol. The lowest BCUT2D eigenvalue weighted by atomic mass is 10.0. The van der Waals surface area contributed by atoms with Gasteiger partial charge < -0.3 is 15.2 Å². The zero-order chi connectivity index (χ0) is 17.3. The summed E-state index contributed by atoms with van der Waals surface area (Å²) in [6.07, 6.45) is 1.91. The number of aryl methyl sites for hydroxylation is 2. The van der Waals surface area contributed by atoms with Crippen LogP contribution in [0.25, 0.3) is 16.9 Å². The van der Waals surface area contributed by atoms with Crippen LogP contribution in [0.5, 0.6) is 0 Å². The van der Waals surface area contributed by atoms with Gasteiger partial charge in [-0.15, -0.1) is 0 Å². The highest BCUT2D eigenvalue weighted by atomic mass is 16.3. The highest BCUT2D eigenvalue weighted by Gasteiger charge is 2.16. The predicted molar refractivity (Wildman–Crippen MR) is 97.9 cm³/mol. The Morgan fingerprint density at radius 3 is 2.67 bits per heavy atom. The monoisotopic (exact) mass is 324 g/mol. The minimum absolute atomic E-state index is 0.133. The zero-order valence-electron chi connectivity index (χ0n) is 14.5. The summed E-state index contributed by atoms with van der Waals surface area (Å²) in [5, 5.41) is 9.19. The van der Waals surface area contributed by atoms with E-state index >= 15 is 0 Å². The van der Waals surface area contributed by atoms with E-state index in [0.717, 1.165) is 22.6 Å². The van der Waals surface area contributed by atoms with E-state index in [2.05, 4.69) is 36.9 Å². The number of aromatic nitrogens is 2. The average Bonchev–Trinajstić information content (AvgIpc) is 2.88. The summed E-state index contributed by atoms with van der Waals surface area (Å²) < 4.78 is 2.05. The first-order valence-electron chi connectivity index (χ1n) is 8.13. The lowest BCUT2D eigenvalue weighted by Gasteiger charge is -2.16. The number of fused-ring (bicyclic) bond motifs is 1. The molecule has 5 nitrogen and oxygen atoms in total. The molecule has 3 aromatic rings. The Bertz CT molecular complexity index is 869. The molecule has 0 aliphatic carbocycles. The van der Waals surface area contributed by atoms with Crippen molar-refractivity contribution >= 4 is 11.3 Å². The number of aliphatic hydroxyl groups is 1. The van der Waals surface area contributed by atoms with Crippen molar-refractivity contribution in [1.82, 2.24) is 14.3 Å². The zero-order valence-corrected chi connectivity index (χ0v) is 14.5. The number of pyridine rings is 1. The number of rotatable bonds is 5. The molecule has 3 rings (SSSR count). The van der Waals surface area contributed by atoms with Crippen molar-refractivity contribution in [2.75, 3.05) is 25.9 Å². The number of imidazole rings is 1. The molecule has 0 saturated heterocycles. The topological polar surface area (TPSA) is 66.8 Å². The molecule has 0 unspecified atom stereocenters. The number of likely N-dealkylation sites (N-methyl/N-ethyl adjacent to an activating group) is 1. The van der Waals surface area contributed by atoms with Crippen LogP contribution in [0.2, 0.25) is 0 Å². The second kappa shape index (κ2) is 6.63. The van der Waals surface area contributed by atoms with E-state index in [1.165, 1.54) is 11.1 Å². The lowest BCUT2D eigenvalue weighted by Crippen LogP contribution is -2.22. The van der Waals surface area contributed by atoms with E-state index in [1.54, 1.807) is 0 Å². The van der Waals surface area contributed by atoms with Gasteiger partial charge in [-0.3, -0.25) is 4.90 Å². The fraction of sp³-hybridized carbons (Fsp3) is 0.316. The minimum Gasteiger partial charge on any atom is -0.398 e. The van der Waals surface area contributed by atoms with Gasteiger partial charge in [-0.1, -0.05) is 12.1 Å². The van der Waals surface area contributed by atoms with E-state index in [4.69, 9.17) is 10.7 Å². The quantitative estimate of drug-likeness (QED) is 0.757. The molecule has 0 aliphatic rings. The fourth-order valence-corrected chi connectivity index (χ4v) is 2.89. The number of nitrogens with two attached hydrogens (primary N) is 1. The maximum atomic E-state index is 9.19. The number of aliphatic hydroxyl groups excluding tert-OH is 1. The second-order valence-corrected chi connectivity index (χ2v) is 6.36. The molecule has 0 aliphatic heterocycles. The third-order valence-corrected chi connectivity index (χ3v) is 4.42. The Balaban J connectivity index is 2.16. The molecule has 2 heterocycles. The number of hydrogen-bond donors (Lipinski definition) is 2. The summed E-state index contributed by atoms with van der Waals surface area (Å²) in [6.45, 7) is 5.66. The average molecular weight is 324 g/mol. The van der Waals surface area contributed by atoms with Crippen LogP contribution in [-0.4, -0.2) is 39.6 Å². The predicted octanol–water partition coefficient (Wildman–Crippen LogP) is 2.62. The standard InChI is InChI=1S/C19H24N4O/c1-13-4-5-15(10-14(13)2)19-17(12-22(3)8-9-24)23-11-16(20)6-7-18(23)21-19/h4-7,10-11,24H,8-9,12,20H2,1-3H3. The SMILES string of the molecule is Cc1ccc(-c2nc3ccc(N)cn3c2CN(C)CCO)cc1C. The van der Waals surface area contributed by atoms with Crippen LogP contribution in [-0.2, 0) is 6.54 Å². The number of hydrogen-bond acceptors (Lipinski definition) is 4. The summed E-state index contributed by atoms with van der Waals surface area (Å²) in [4.78, 5) is 6.91. The van der Waals surface area contributed by atoms with Gasteiger partial charge in [0.2, 0.25) is 0 Å². The molecule has 3 N–H and O–H groups in total. The first kappa shape index (κ1) is 16.5. The molecule has 0 atom stereocenters. The first-order valence-corrected chi connectivity index (χ1v) is 8.13. The van der Waals surface area contributed by atoms with Crippen molar-refractivity contribution in [2.24, 2.45) is 0 Å². The van der Waals surface area contributed by atoms with Crippen LogP contribution in [0.3, 0.4) is 0 Å². The lowest BCUT2D eigenvalue weighted by molar-refractivity contribution is 0.216. The van der Waals surface area contributed by atoms with Gasteiger partial charge in [-0.2, -0.15) is 0 Å². The summed E-state index contributed by atoms with van der Waals surface area (Å²) in [7, 11) is 1.99. The van der Waals surface area contributed by atoms with E-state index in [1.807, 2.05) is 29.8 Å². The van der Waals surface area contributed by atoms with Crippen LogP contribution in [0.1, 0.15) is 16.8 Å². The molecule has 0 amide bonds. The van der Waals surface area contributed by atoms with Gasteiger partial charge in [0.1, 0.15) is 5.65 Å². The molecule has 1 aromatic carbocycles. The van der Waals surface area contributed by atoms with Crippen molar-refractivity contribution in [3.05, 3.63) is 53.3 Å². The maximum absolute atomic E-state index is 9.19. The van der Waals surface area contributed by atoms with Crippen molar-refractivity contribution in [2.45, 2.75) is 20.4 Å². The number of nitrogen functional groups attached to an aromatic ring is 1. The van der Waals surface area contributed by atoms with Gasteiger partial charge in [-0.05, 0) is 50.2 Å². The van der Waals surface area contributed by atoms with Gasteiger partial charge in [0.25, 0.3) is 0 Å². The molecule has 5 heteroatoms. The third kappa shape index (κ3) is 3.13. The normalized spacial score (nSPS) is 11.5. The molecule has 24 heavy (non-hydrogen) atoms. The van der Waals surface area contributed by atoms with Crippen molar-refractivity contribution < 1.29 is 5.11 Å². The van der Waals surface area contributed by atoms with Gasteiger partial charge in [0.05, 0.1) is 18.0 Å². The molecule has 0 bridgehead atoms. The highest BCUT2D eigenvalue weighted by Crippen LogP contribution is 2.27. The Kier molecular flexibility index (Phi) is 4.55. The molecule has 126 valence electrons. The molecular formula is C19H24N4O. The van der Waals surface area contributed by atoms with Crippen molar-refractivity contribution in [3.63, 3.8) is 0 Å². The van der Waals surface area contributed by atoms with Gasteiger partial charge in [0.15, 0.2) is 0 Å². The first-order chi connectivity index (χ1) is 11.5. The van der Waals surface area contributed by atoms with Crippen LogP contribution >= 0.6 is 0 Å². The molecule has 0 radical (unpaired) electrons. The van der Waals surface area contributed by atoms with E-state index in [0.29, 0.717) is 18.8 Å². The highest BCUT2D eigenvalue weighted by molar-refractivity contribution is 5.68. The van der Waals surface area contributed by atoms with E-state index in [9.17, 15) is 5.11 Å². The Morgan fingerprint density at radius 1 is 1.17 bits per heavy atom. The number of benzene rings is 1. The van der Waals surface area contributed by atoms with Crippen LogP contribution in [0.4, 0.5) is 5.69 Å². The van der Waals surface area contributed by atoms with Gasteiger partial charge in [-0.25, -0.2) is 4.98 Å².